The number of piperidine rings is 1. The fourth-order valence-electron chi connectivity index (χ4n) is 3.26. The van der Waals surface area contributed by atoms with Crippen molar-refractivity contribution in [1.82, 2.24) is 14.9 Å². The van der Waals surface area contributed by atoms with Crippen molar-refractivity contribution in [1.29, 1.82) is 0 Å². The first-order valence-electron chi connectivity index (χ1n) is 8.41. The lowest BCUT2D eigenvalue weighted by Crippen LogP contribution is -2.39. The van der Waals surface area contributed by atoms with E-state index in [1.54, 1.807) is 24.2 Å². The molecule has 1 atom stereocenters. The quantitative estimate of drug-likeness (QED) is 0.806. The largest absolute Gasteiger partial charge is 0.340 e. The molecule has 0 N–H and O–H groups in total. The van der Waals surface area contributed by atoms with Gasteiger partial charge in [0.2, 0.25) is 5.95 Å². The summed E-state index contributed by atoms with van der Waals surface area (Å²) in [6.45, 7) is 3.72. The van der Waals surface area contributed by atoms with Crippen LogP contribution in [0.25, 0.3) is 0 Å². The Hall–Kier alpha value is -1.70. The summed E-state index contributed by atoms with van der Waals surface area (Å²) in [7, 11) is -1.18. The lowest BCUT2D eigenvalue weighted by molar-refractivity contribution is 0.0691. The van der Waals surface area contributed by atoms with E-state index in [9.17, 15) is 13.2 Å². The summed E-state index contributed by atoms with van der Waals surface area (Å²) >= 11 is 0. The summed E-state index contributed by atoms with van der Waals surface area (Å²) in [5.41, 5.74) is 0.377. The summed E-state index contributed by atoms with van der Waals surface area (Å²) in [6, 6.07) is 1.50. The van der Waals surface area contributed by atoms with E-state index in [1.807, 2.05) is 4.90 Å². The van der Waals surface area contributed by atoms with Gasteiger partial charge in [-0.2, -0.15) is 0 Å². The van der Waals surface area contributed by atoms with Crippen molar-refractivity contribution in [2.45, 2.75) is 32.2 Å². The van der Waals surface area contributed by atoms with Crippen LogP contribution in [0.3, 0.4) is 0 Å². The fraction of sp³-hybridized carbons (Fsp3) is 0.688. The van der Waals surface area contributed by atoms with Crippen molar-refractivity contribution in [3.05, 3.63) is 18.0 Å². The first-order valence-corrected chi connectivity index (χ1v) is 10.2. The summed E-state index contributed by atoms with van der Waals surface area (Å²) in [4.78, 5) is 24.9. The highest BCUT2D eigenvalue weighted by Gasteiger charge is 2.32. The molecule has 0 aliphatic carbocycles. The molecule has 1 aromatic rings. The SMILES string of the molecule is CC1CCN(C(=O)c2ccnc(N(C)C3CCS(=O)(=O)C3)n2)CC1. The number of rotatable bonds is 3. The van der Waals surface area contributed by atoms with Gasteiger partial charge in [-0.3, -0.25) is 4.79 Å². The highest BCUT2D eigenvalue weighted by Crippen LogP contribution is 2.21. The average molecular weight is 352 g/mol. The minimum absolute atomic E-state index is 0.0713. The number of aromatic nitrogens is 2. The lowest BCUT2D eigenvalue weighted by atomic mass is 9.99. The van der Waals surface area contributed by atoms with Gasteiger partial charge in [-0.05, 0) is 31.2 Å². The van der Waals surface area contributed by atoms with E-state index < -0.39 is 9.84 Å². The average Bonchev–Trinajstić information content (AvgIpc) is 2.94. The molecule has 0 spiro atoms. The van der Waals surface area contributed by atoms with Crippen LogP contribution in [0.4, 0.5) is 5.95 Å². The Kier molecular flexibility index (Phi) is 4.76. The number of nitrogens with zero attached hydrogens (tertiary/aromatic N) is 4. The summed E-state index contributed by atoms with van der Waals surface area (Å²) in [5, 5.41) is 0. The molecular formula is C16H24N4O3S. The van der Waals surface area contributed by atoms with Crippen LogP contribution in [0.5, 0.6) is 0 Å². The van der Waals surface area contributed by atoms with Gasteiger partial charge in [-0.25, -0.2) is 18.4 Å². The van der Waals surface area contributed by atoms with Crippen molar-refractivity contribution in [3.8, 4) is 0 Å². The molecule has 0 bridgehead atoms. The van der Waals surface area contributed by atoms with Gasteiger partial charge in [0.25, 0.3) is 5.91 Å². The minimum atomic E-state index is -2.97. The smallest absolute Gasteiger partial charge is 0.272 e. The predicted molar refractivity (Wildman–Crippen MR) is 91.8 cm³/mol. The number of anilines is 1. The molecule has 2 saturated heterocycles. The molecule has 2 aliphatic rings. The van der Waals surface area contributed by atoms with Crippen molar-refractivity contribution in [3.63, 3.8) is 0 Å². The molecule has 1 amide bonds. The standard InChI is InChI=1S/C16H24N4O3S/c1-12-4-8-20(9-5-12)15(21)14-3-7-17-16(18-14)19(2)13-6-10-24(22,23)11-13/h3,7,12-13H,4-6,8-11H2,1-2H3. The summed E-state index contributed by atoms with van der Waals surface area (Å²) in [5.74, 6) is 1.32. The van der Waals surface area contributed by atoms with E-state index in [1.165, 1.54) is 0 Å². The Labute approximate surface area is 143 Å². The zero-order valence-electron chi connectivity index (χ0n) is 14.2. The third-order valence-electron chi connectivity index (χ3n) is 5.00. The third-order valence-corrected chi connectivity index (χ3v) is 6.75. The number of hydrogen-bond donors (Lipinski definition) is 0. The van der Waals surface area contributed by atoms with Crippen molar-refractivity contribution >= 4 is 21.7 Å². The highest BCUT2D eigenvalue weighted by molar-refractivity contribution is 7.91. The molecule has 7 nitrogen and oxygen atoms in total. The van der Waals surface area contributed by atoms with Gasteiger partial charge in [0.1, 0.15) is 5.69 Å². The molecular weight excluding hydrogens is 328 g/mol. The maximum atomic E-state index is 12.6. The number of carbonyl (C=O) groups excluding carboxylic acids is 1. The molecule has 0 aromatic carbocycles. The van der Waals surface area contributed by atoms with Crippen LogP contribution in [0.1, 0.15) is 36.7 Å². The molecule has 132 valence electrons. The van der Waals surface area contributed by atoms with Crippen molar-refractivity contribution in [2.24, 2.45) is 5.92 Å². The van der Waals surface area contributed by atoms with Gasteiger partial charge >= 0.3 is 0 Å². The van der Waals surface area contributed by atoms with E-state index in [-0.39, 0.29) is 23.5 Å². The Morgan fingerprint density at radius 1 is 1.29 bits per heavy atom. The molecule has 0 saturated carbocycles. The molecule has 3 rings (SSSR count). The Bertz CT molecular complexity index is 714. The molecule has 0 radical (unpaired) electrons. The third kappa shape index (κ3) is 3.68. The molecule has 1 aromatic heterocycles. The molecule has 8 heteroatoms. The fourth-order valence-corrected chi connectivity index (χ4v) is 5.03. The van der Waals surface area contributed by atoms with Crippen LogP contribution in [-0.2, 0) is 9.84 Å². The Morgan fingerprint density at radius 3 is 2.62 bits per heavy atom. The van der Waals surface area contributed by atoms with Gasteiger partial charge < -0.3 is 9.80 Å². The second-order valence-electron chi connectivity index (χ2n) is 6.88. The number of likely N-dealkylation sites (tertiary alicyclic amines) is 1. The monoisotopic (exact) mass is 352 g/mol. The minimum Gasteiger partial charge on any atom is -0.340 e. The molecule has 2 fully saturated rings. The van der Waals surface area contributed by atoms with Gasteiger partial charge in [-0.15, -0.1) is 0 Å². The van der Waals surface area contributed by atoms with Crippen LogP contribution < -0.4 is 4.90 Å². The van der Waals surface area contributed by atoms with Crippen LogP contribution in [0.15, 0.2) is 12.3 Å². The first kappa shape index (κ1) is 17.1. The van der Waals surface area contributed by atoms with Gasteiger partial charge in [-0.1, -0.05) is 6.92 Å². The zero-order valence-corrected chi connectivity index (χ0v) is 15.0. The number of amides is 1. The van der Waals surface area contributed by atoms with Crippen molar-refractivity contribution in [2.75, 3.05) is 36.5 Å². The Balaban J connectivity index is 1.73. The second kappa shape index (κ2) is 6.66. The molecule has 2 aliphatic heterocycles. The first-order chi connectivity index (χ1) is 11.4. The zero-order chi connectivity index (χ0) is 17.3. The van der Waals surface area contributed by atoms with Gasteiger partial charge in [0.05, 0.1) is 11.5 Å². The molecule has 1 unspecified atom stereocenters. The summed E-state index contributed by atoms with van der Waals surface area (Å²) in [6.07, 6.45) is 4.18. The molecule has 24 heavy (non-hydrogen) atoms. The topological polar surface area (TPSA) is 83.5 Å². The lowest BCUT2D eigenvalue weighted by Gasteiger charge is -2.30. The van der Waals surface area contributed by atoms with E-state index in [0.717, 1.165) is 25.9 Å². The van der Waals surface area contributed by atoms with E-state index in [4.69, 9.17) is 0 Å². The van der Waals surface area contributed by atoms with Crippen molar-refractivity contribution < 1.29 is 13.2 Å². The van der Waals surface area contributed by atoms with Crippen LogP contribution >= 0.6 is 0 Å². The van der Waals surface area contributed by atoms with Gasteiger partial charge in [0, 0.05) is 32.4 Å². The molecule has 3 heterocycles. The number of carbonyl (C=O) groups is 1. The van der Waals surface area contributed by atoms with E-state index in [0.29, 0.717) is 24.0 Å². The summed E-state index contributed by atoms with van der Waals surface area (Å²) < 4.78 is 23.3. The second-order valence-corrected chi connectivity index (χ2v) is 9.11. The van der Waals surface area contributed by atoms with E-state index in [2.05, 4.69) is 16.9 Å². The highest BCUT2D eigenvalue weighted by atomic mass is 32.2. The maximum Gasteiger partial charge on any atom is 0.272 e. The van der Waals surface area contributed by atoms with E-state index >= 15 is 0 Å². The van der Waals surface area contributed by atoms with Crippen LogP contribution in [-0.4, -0.2) is 66.9 Å². The van der Waals surface area contributed by atoms with Crippen LogP contribution in [0.2, 0.25) is 0 Å². The predicted octanol–water partition coefficient (Wildman–Crippen LogP) is 0.972. The van der Waals surface area contributed by atoms with Crippen LogP contribution in [0, 0.1) is 5.92 Å². The maximum absolute atomic E-state index is 12.6. The number of sulfone groups is 1. The van der Waals surface area contributed by atoms with Gasteiger partial charge in [0.15, 0.2) is 9.84 Å². The normalized spacial score (nSPS) is 24.1. The Morgan fingerprint density at radius 2 is 2.00 bits per heavy atom. The number of hydrogen-bond acceptors (Lipinski definition) is 6.